The summed E-state index contributed by atoms with van der Waals surface area (Å²) in [4.78, 5) is 8.03. The smallest absolute Gasteiger partial charge is 0.188 e. The molecule has 1 aromatic heterocycles. The van der Waals surface area contributed by atoms with Crippen LogP contribution in [-0.4, -0.2) is 15.5 Å². The Kier molecular flexibility index (Phi) is 2.32. The maximum Gasteiger partial charge on any atom is 0.188 e. The molecule has 0 saturated heterocycles. The molecule has 1 atom stereocenters. The first kappa shape index (κ1) is 8.58. The highest BCUT2D eigenvalue weighted by Crippen LogP contribution is 2.08. The molecule has 5 heteroatoms. The molecule has 0 aromatic carbocycles. The molecule has 1 heterocycles. The molecule has 12 heavy (non-hydrogen) atoms. The van der Waals surface area contributed by atoms with E-state index in [9.17, 15) is 0 Å². The Morgan fingerprint density at radius 2 is 2.33 bits per heavy atom. The van der Waals surface area contributed by atoms with Gasteiger partial charge in [-0.3, -0.25) is 0 Å². The molecule has 1 rings (SSSR count). The van der Waals surface area contributed by atoms with Crippen molar-refractivity contribution in [1.29, 1.82) is 0 Å². The monoisotopic (exact) mass is 167 g/mol. The van der Waals surface area contributed by atoms with Crippen LogP contribution >= 0.6 is 0 Å². The van der Waals surface area contributed by atoms with Crippen molar-refractivity contribution in [3.63, 3.8) is 0 Å². The molecule has 4 N–H and O–H groups in total. The van der Waals surface area contributed by atoms with Gasteiger partial charge in [-0.1, -0.05) is 0 Å². The molecule has 0 bridgehead atoms. The van der Waals surface area contributed by atoms with E-state index in [2.05, 4.69) is 9.98 Å². The van der Waals surface area contributed by atoms with Crippen molar-refractivity contribution >= 4 is 5.96 Å². The van der Waals surface area contributed by atoms with Gasteiger partial charge in [0, 0.05) is 12.4 Å². The Balaban J connectivity index is 2.85. The van der Waals surface area contributed by atoms with E-state index in [0.717, 1.165) is 5.82 Å². The minimum absolute atomic E-state index is 0.0856. The fraction of sp³-hybridized carbons (Fsp3) is 0.429. The van der Waals surface area contributed by atoms with Gasteiger partial charge in [-0.05, 0) is 13.8 Å². The first-order chi connectivity index (χ1) is 5.61. The molecule has 0 fully saturated rings. The van der Waals surface area contributed by atoms with Crippen LogP contribution in [0.25, 0.3) is 0 Å². The summed E-state index contributed by atoms with van der Waals surface area (Å²) < 4.78 is 1.89. The van der Waals surface area contributed by atoms with Crippen LogP contribution in [0.15, 0.2) is 17.4 Å². The summed E-state index contributed by atoms with van der Waals surface area (Å²) in [5, 5.41) is 0. The van der Waals surface area contributed by atoms with Gasteiger partial charge < -0.3 is 16.0 Å². The average Bonchev–Trinajstić information content (AvgIpc) is 2.33. The molecule has 1 aromatic rings. The van der Waals surface area contributed by atoms with E-state index < -0.39 is 0 Å². The van der Waals surface area contributed by atoms with E-state index in [1.807, 2.05) is 24.6 Å². The Hall–Kier alpha value is -1.52. The molecule has 5 nitrogen and oxygen atoms in total. The van der Waals surface area contributed by atoms with Crippen LogP contribution in [-0.2, 0) is 0 Å². The summed E-state index contributed by atoms with van der Waals surface area (Å²) in [6.07, 6.45) is 3.47. The maximum atomic E-state index is 5.24. The third-order valence-corrected chi connectivity index (χ3v) is 1.60. The van der Waals surface area contributed by atoms with Crippen LogP contribution in [0.2, 0.25) is 0 Å². The van der Waals surface area contributed by atoms with Crippen molar-refractivity contribution in [2.45, 2.75) is 20.0 Å². The number of aliphatic imine (C=N–C) groups is 1. The Morgan fingerprint density at radius 1 is 1.67 bits per heavy atom. The minimum Gasteiger partial charge on any atom is -0.370 e. The molecular formula is C7H13N5. The van der Waals surface area contributed by atoms with E-state index >= 15 is 0 Å². The molecule has 0 radical (unpaired) electrons. The Labute approximate surface area is 71.1 Å². The molecule has 0 aliphatic carbocycles. The largest absolute Gasteiger partial charge is 0.370 e. The number of guanidine groups is 1. The van der Waals surface area contributed by atoms with Gasteiger partial charge in [-0.2, -0.15) is 0 Å². The highest BCUT2D eigenvalue weighted by molar-refractivity contribution is 5.75. The molecule has 0 aliphatic heterocycles. The number of aryl methyl sites for hydroxylation is 1. The summed E-state index contributed by atoms with van der Waals surface area (Å²) in [5.41, 5.74) is 10.5. The number of rotatable bonds is 2. The Morgan fingerprint density at radius 3 is 2.75 bits per heavy atom. The summed E-state index contributed by atoms with van der Waals surface area (Å²) in [6.45, 7) is 3.80. The molecule has 0 aliphatic rings. The molecule has 0 amide bonds. The van der Waals surface area contributed by atoms with Crippen molar-refractivity contribution < 1.29 is 0 Å². The van der Waals surface area contributed by atoms with Gasteiger partial charge in [0.15, 0.2) is 5.96 Å². The van der Waals surface area contributed by atoms with Crippen LogP contribution in [0.3, 0.4) is 0 Å². The number of aromatic nitrogens is 2. The van der Waals surface area contributed by atoms with Crippen LogP contribution in [0.5, 0.6) is 0 Å². The van der Waals surface area contributed by atoms with Crippen LogP contribution in [0.4, 0.5) is 0 Å². The fourth-order valence-corrected chi connectivity index (χ4v) is 1.06. The highest BCUT2D eigenvalue weighted by atomic mass is 15.2. The topological polar surface area (TPSA) is 82.2 Å². The first-order valence-electron chi connectivity index (χ1n) is 3.69. The van der Waals surface area contributed by atoms with E-state index in [-0.39, 0.29) is 12.1 Å². The SMILES string of the molecule is Cc1nccn1C(C)N=C(N)N. The average molecular weight is 167 g/mol. The first-order valence-corrected chi connectivity index (χ1v) is 3.69. The van der Waals surface area contributed by atoms with Crippen molar-refractivity contribution in [2.75, 3.05) is 0 Å². The van der Waals surface area contributed by atoms with Gasteiger partial charge in [0.25, 0.3) is 0 Å². The number of nitrogens with two attached hydrogens (primary N) is 2. The zero-order valence-corrected chi connectivity index (χ0v) is 7.23. The highest BCUT2D eigenvalue weighted by Gasteiger charge is 2.03. The zero-order chi connectivity index (χ0) is 9.14. The molecule has 66 valence electrons. The lowest BCUT2D eigenvalue weighted by Crippen LogP contribution is -2.24. The van der Waals surface area contributed by atoms with Crippen molar-refractivity contribution in [2.24, 2.45) is 16.5 Å². The molecule has 0 spiro atoms. The predicted molar refractivity (Wildman–Crippen MR) is 47.5 cm³/mol. The van der Waals surface area contributed by atoms with Crippen molar-refractivity contribution in [3.05, 3.63) is 18.2 Å². The normalized spacial score (nSPS) is 12.5. The summed E-state index contributed by atoms with van der Waals surface area (Å²) in [5.74, 6) is 0.989. The number of hydrogen-bond acceptors (Lipinski definition) is 2. The lowest BCUT2D eigenvalue weighted by atomic mass is 10.5. The molecule has 1 unspecified atom stereocenters. The van der Waals surface area contributed by atoms with Crippen LogP contribution in [0, 0.1) is 6.92 Å². The van der Waals surface area contributed by atoms with Crippen LogP contribution < -0.4 is 11.5 Å². The Bertz CT molecular complexity index is 284. The number of hydrogen-bond donors (Lipinski definition) is 2. The lowest BCUT2D eigenvalue weighted by Gasteiger charge is -2.09. The standard InChI is InChI=1S/C7H13N5/c1-5-10-3-4-12(5)6(2)11-7(8)9/h3-4,6H,1-2H3,(H4,8,9,11). The molecular weight excluding hydrogens is 154 g/mol. The summed E-state index contributed by atoms with van der Waals surface area (Å²) in [6, 6.07) is 0. The van der Waals surface area contributed by atoms with E-state index in [1.165, 1.54) is 0 Å². The van der Waals surface area contributed by atoms with E-state index in [4.69, 9.17) is 11.5 Å². The van der Waals surface area contributed by atoms with Crippen molar-refractivity contribution in [3.8, 4) is 0 Å². The number of imidazole rings is 1. The van der Waals surface area contributed by atoms with Gasteiger partial charge in [0.2, 0.25) is 0 Å². The van der Waals surface area contributed by atoms with Gasteiger partial charge in [-0.15, -0.1) is 0 Å². The van der Waals surface area contributed by atoms with Crippen molar-refractivity contribution in [1.82, 2.24) is 9.55 Å². The second-order valence-electron chi connectivity index (χ2n) is 2.57. The lowest BCUT2D eigenvalue weighted by molar-refractivity contribution is 0.558. The maximum absolute atomic E-state index is 5.24. The fourth-order valence-electron chi connectivity index (χ4n) is 1.06. The van der Waals surface area contributed by atoms with Gasteiger partial charge in [0.05, 0.1) is 0 Å². The number of nitrogens with zero attached hydrogens (tertiary/aromatic N) is 3. The van der Waals surface area contributed by atoms with Gasteiger partial charge in [0.1, 0.15) is 12.0 Å². The van der Waals surface area contributed by atoms with E-state index in [1.54, 1.807) is 6.20 Å². The summed E-state index contributed by atoms with van der Waals surface area (Å²) in [7, 11) is 0. The van der Waals surface area contributed by atoms with Gasteiger partial charge >= 0.3 is 0 Å². The second-order valence-corrected chi connectivity index (χ2v) is 2.57. The summed E-state index contributed by atoms with van der Waals surface area (Å²) >= 11 is 0. The minimum atomic E-state index is -0.0856. The zero-order valence-electron chi connectivity index (χ0n) is 7.23. The predicted octanol–water partition coefficient (Wildman–Crippen LogP) is -0.0166. The van der Waals surface area contributed by atoms with Crippen LogP contribution in [0.1, 0.15) is 18.9 Å². The van der Waals surface area contributed by atoms with E-state index in [0.29, 0.717) is 0 Å². The molecule has 0 saturated carbocycles. The quantitative estimate of drug-likeness (QED) is 0.480. The third-order valence-electron chi connectivity index (χ3n) is 1.60. The third kappa shape index (κ3) is 1.75. The van der Waals surface area contributed by atoms with Gasteiger partial charge in [-0.25, -0.2) is 9.98 Å². The second kappa shape index (κ2) is 3.25.